The van der Waals surface area contributed by atoms with Crippen molar-refractivity contribution in [3.8, 4) is 0 Å². The van der Waals surface area contributed by atoms with Gasteiger partial charge in [-0.3, -0.25) is 7.32 Å². The summed E-state index contributed by atoms with van der Waals surface area (Å²) < 4.78 is 4.97. The van der Waals surface area contributed by atoms with Crippen LogP contribution in [0.15, 0.2) is 0 Å². The van der Waals surface area contributed by atoms with Crippen LogP contribution in [0.5, 0.6) is 0 Å². The second-order valence-corrected chi connectivity index (χ2v) is 1.98. The van der Waals surface area contributed by atoms with Crippen molar-refractivity contribution in [3.63, 3.8) is 0 Å². The van der Waals surface area contributed by atoms with Crippen LogP contribution >= 0.6 is 0 Å². The van der Waals surface area contributed by atoms with Crippen LogP contribution in [-0.4, -0.2) is 37.7 Å². The summed E-state index contributed by atoms with van der Waals surface area (Å²) in [6.07, 6.45) is 2.26. The zero-order valence-corrected chi connectivity index (χ0v) is 16.7. The Bertz CT molecular complexity index is 74.5. The molecule has 0 radical (unpaired) electrons. The number of aliphatic hydroxyl groups excluding tert-OH is 1. The van der Waals surface area contributed by atoms with E-state index in [-0.39, 0.29) is 101 Å². The van der Waals surface area contributed by atoms with Gasteiger partial charge in [0.1, 0.15) is 0 Å². The van der Waals surface area contributed by atoms with Gasteiger partial charge in [0.25, 0.3) is 0 Å². The average Bonchev–Trinajstić information content (AvgIpc) is 1.97. The molecule has 6 nitrogen and oxygen atoms in total. The summed E-state index contributed by atoms with van der Waals surface area (Å²) in [4.78, 5) is 0. The van der Waals surface area contributed by atoms with Crippen molar-refractivity contribution in [2.75, 3.05) is 19.8 Å². The number of unbranched alkanes of at least 4 members (excludes halogenated alkanes) is 1. The Labute approximate surface area is 164 Å². The average molecular weight is 264 g/mol. The first-order valence-corrected chi connectivity index (χ1v) is 3.81. The zero-order valence-electron chi connectivity index (χ0n) is 10.7. The monoisotopic (exact) mass is 264 g/mol. The van der Waals surface area contributed by atoms with Gasteiger partial charge in [-0.15, -0.1) is 0 Å². The second kappa shape index (κ2) is 36.1. The van der Waals surface area contributed by atoms with Crippen LogP contribution in [0.2, 0.25) is 0 Å². The maximum atomic E-state index is 8.42. The van der Waals surface area contributed by atoms with Gasteiger partial charge < -0.3 is 30.4 Å². The molecular formula is C6H16BNa3O6. The predicted octanol–water partition coefficient (Wildman–Crippen LogP) is -13.0. The van der Waals surface area contributed by atoms with Crippen LogP contribution < -0.4 is 104 Å². The molecule has 0 aromatic carbocycles. The molecule has 3 N–H and O–H groups in total. The fraction of sp³-hybridized carbons (Fsp3) is 1.00. The molecule has 0 aliphatic heterocycles. The predicted molar refractivity (Wildman–Crippen MR) is 42.2 cm³/mol. The molecule has 82 valence electrons. The molecule has 0 aromatic heterocycles. The molecule has 0 aliphatic rings. The molecule has 10 heteroatoms. The molecule has 0 aromatic rings. The Morgan fingerprint density at radius 1 is 1.06 bits per heavy atom. The molecule has 0 unspecified atom stereocenters. The van der Waals surface area contributed by atoms with Crippen LogP contribution in [0.25, 0.3) is 0 Å². The van der Waals surface area contributed by atoms with E-state index in [1.807, 2.05) is 0 Å². The van der Waals surface area contributed by atoms with Gasteiger partial charge in [-0.1, -0.05) is 13.3 Å². The fourth-order valence-electron chi connectivity index (χ4n) is 0.413. The van der Waals surface area contributed by atoms with Crippen molar-refractivity contribution in [3.05, 3.63) is 0 Å². The van der Waals surface area contributed by atoms with Crippen molar-refractivity contribution in [2.24, 2.45) is 0 Å². The van der Waals surface area contributed by atoms with Crippen molar-refractivity contribution in [2.45, 2.75) is 19.8 Å². The van der Waals surface area contributed by atoms with Crippen LogP contribution in [0.3, 0.4) is 0 Å². The summed E-state index contributed by atoms with van der Waals surface area (Å²) in [6.45, 7) is 3.53. The van der Waals surface area contributed by atoms with Crippen molar-refractivity contribution in [1.29, 1.82) is 0 Å². The van der Waals surface area contributed by atoms with E-state index < -0.39 is 7.32 Å². The minimum absolute atomic E-state index is 0. The molecule has 16 heavy (non-hydrogen) atoms. The molecule has 0 saturated heterocycles. The maximum absolute atomic E-state index is 8.42. The van der Waals surface area contributed by atoms with Gasteiger partial charge in [-0.25, -0.2) is 0 Å². The van der Waals surface area contributed by atoms with E-state index in [1.165, 1.54) is 0 Å². The van der Waals surface area contributed by atoms with Gasteiger partial charge in [0.2, 0.25) is 0 Å². The number of ether oxygens (including phenoxy) is 1. The molecule has 0 atom stereocenters. The van der Waals surface area contributed by atoms with E-state index in [0.717, 1.165) is 19.4 Å². The largest absolute Gasteiger partial charge is 1.00 e. The van der Waals surface area contributed by atoms with E-state index >= 15 is 0 Å². The van der Waals surface area contributed by atoms with Crippen molar-refractivity contribution >= 4 is 7.32 Å². The van der Waals surface area contributed by atoms with E-state index in [1.54, 1.807) is 0 Å². The molecular weight excluding hydrogens is 248 g/mol. The SMILES string of the molecule is CCCCOCCO.O.[Na+].[Na+].[Na+].[O-]B([O-])[O-]. The van der Waals surface area contributed by atoms with Crippen LogP contribution in [0, 0.1) is 0 Å². The van der Waals surface area contributed by atoms with E-state index in [9.17, 15) is 0 Å². The fourth-order valence-corrected chi connectivity index (χ4v) is 0.413. The quantitative estimate of drug-likeness (QED) is 0.389. The summed E-state index contributed by atoms with van der Waals surface area (Å²) in [6, 6.07) is 0. The first-order valence-electron chi connectivity index (χ1n) is 3.81. The molecule has 0 fully saturated rings. The molecule has 0 bridgehead atoms. The summed E-state index contributed by atoms with van der Waals surface area (Å²) in [5.74, 6) is 0. The van der Waals surface area contributed by atoms with Gasteiger partial charge in [0.15, 0.2) is 0 Å². The summed E-state index contributed by atoms with van der Waals surface area (Å²) >= 11 is 0. The number of hydrogen-bond donors (Lipinski definition) is 1. The molecule has 0 heterocycles. The third-order valence-corrected chi connectivity index (χ3v) is 0.878. The molecule has 0 spiro atoms. The first kappa shape index (κ1) is 36.4. The van der Waals surface area contributed by atoms with Crippen LogP contribution in [0.4, 0.5) is 0 Å². The Balaban J connectivity index is -0.0000000281. The zero-order chi connectivity index (χ0) is 9.82. The summed E-state index contributed by atoms with van der Waals surface area (Å²) in [5.41, 5.74) is 0. The van der Waals surface area contributed by atoms with Gasteiger partial charge in [0.05, 0.1) is 13.2 Å². The van der Waals surface area contributed by atoms with Crippen LogP contribution in [-0.2, 0) is 4.74 Å². The normalized spacial score (nSPS) is 6.56. The van der Waals surface area contributed by atoms with Crippen molar-refractivity contribution in [1.82, 2.24) is 0 Å². The topological polar surface area (TPSA) is 130 Å². The minimum Gasteiger partial charge on any atom is -0.907 e. The number of hydrogen-bond acceptors (Lipinski definition) is 5. The molecule has 0 rings (SSSR count). The van der Waals surface area contributed by atoms with Crippen molar-refractivity contribution < 1.29 is 119 Å². The van der Waals surface area contributed by atoms with E-state index in [4.69, 9.17) is 24.9 Å². The molecule has 0 aliphatic carbocycles. The van der Waals surface area contributed by atoms with Gasteiger partial charge >= 0.3 is 88.7 Å². The first-order chi connectivity index (χ1) is 5.65. The Hall–Kier alpha value is 2.82. The Morgan fingerprint density at radius 2 is 1.44 bits per heavy atom. The number of aliphatic hydroxyl groups is 1. The van der Waals surface area contributed by atoms with Crippen LogP contribution in [0.1, 0.15) is 19.8 Å². The molecule has 0 saturated carbocycles. The third-order valence-electron chi connectivity index (χ3n) is 0.878. The molecule has 0 amide bonds. The third kappa shape index (κ3) is 68.8. The smallest absolute Gasteiger partial charge is 0.907 e. The standard InChI is InChI=1S/C6H14O2.BO3.3Na.H2O/c1-2-3-5-8-6-4-7;2-1(3)4;;;;/h7H,2-6H2,1H3;;;;;1H2/q;-3;3*+1;. The van der Waals surface area contributed by atoms with E-state index in [2.05, 4.69) is 6.92 Å². The van der Waals surface area contributed by atoms with Gasteiger partial charge in [-0.2, -0.15) is 0 Å². The minimum atomic E-state index is -2.92. The second-order valence-electron chi connectivity index (χ2n) is 1.98. The summed E-state index contributed by atoms with van der Waals surface area (Å²) in [7, 11) is -2.92. The summed E-state index contributed by atoms with van der Waals surface area (Å²) in [5, 5.41) is 33.5. The van der Waals surface area contributed by atoms with E-state index in [0.29, 0.717) is 6.61 Å². The Morgan fingerprint density at radius 3 is 1.69 bits per heavy atom. The number of rotatable bonds is 5. The van der Waals surface area contributed by atoms with Gasteiger partial charge in [0, 0.05) is 6.61 Å². The van der Waals surface area contributed by atoms with Gasteiger partial charge in [-0.05, 0) is 6.42 Å². The Kier molecular flexibility index (Phi) is 82.0. The maximum Gasteiger partial charge on any atom is 1.00 e.